The summed E-state index contributed by atoms with van der Waals surface area (Å²) < 4.78 is 26.2. The lowest BCUT2D eigenvalue weighted by Gasteiger charge is -2.15. The van der Waals surface area contributed by atoms with E-state index in [2.05, 4.69) is 10.6 Å². The van der Waals surface area contributed by atoms with E-state index in [1.807, 2.05) is 0 Å². The number of nitrogens with one attached hydrogen (secondary N) is 2. The zero-order chi connectivity index (χ0) is 17.9. The van der Waals surface area contributed by atoms with Crippen LogP contribution in [-0.4, -0.2) is 12.5 Å². The molecule has 2 aromatic carbocycles. The maximum atomic E-state index is 13.2. The van der Waals surface area contributed by atoms with Crippen LogP contribution in [0.5, 0.6) is 0 Å². The lowest BCUT2D eigenvalue weighted by molar-refractivity contribution is -0.115. The van der Waals surface area contributed by atoms with Gasteiger partial charge in [0.1, 0.15) is 0 Å². The first-order valence-corrected chi connectivity index (χ1v) is 7.98. The van der Waals surface area contributed by atoms with Gasteiger partial charge in [-0.15, -0.1) is 0 Å². The summed E-state index contributed by atoms with van der Waals surface area (Å²) in [6.45, 7) is 3.51. The lowest BCUT2D eigenvalue weighted by Crippen LogP contribution is -2.30. The van der Waals surface area contributed by atoms with Crippen molar-refractivity contribution in [2.75, 3.05) is 11.9 Å². The minimum atomic E-state index is -0.927. The van der Waals surface area contributed by atoms with E-state index in [0.717, 1.165) is 17.7 Å². The van der Waals surface area contributed by atoms with Crippen LogP contribution >= 0.6 is 23.2 Å². The van der Waals surface area contributed by atoms with Crippen LogP contribution in [0, 0.1) is 18.6 Å². The molecular formula is C17H16Cl2F2N2O. The first-order valence-electron chi connectivity index (χ1n) is 7.22. The number of hydrogen-bond donors (Lipinski definition) is 2. The van der Waals surface area contributed by atoms with Gasteiger partial charge in [0.25, 0.3) is 0 Å². The molecule has 1 atom stereocenters. The molecule has 128 valence electrons. The second kappa shape index (κ2) is 7.92. The molecule has 7 heteroatoms. The summed E-state index contributed by atoms with van der Waals surface area (Å²) in [7, 11) is 0. The van der Waals surface area contributed by atoms with Crippen LogP contribution in [0.3, 0.4) is 0 Å². The Labute approximate surface area is 149 Å². The third kappa shape index (κ3) is 4.44. The average molecular weight is 373 g/mol. The lowest BCUT2D eigenvalue weighted by atomic mass is 10.1. The Morgan fingerprint density at radius 3 is 2.54 bits per heavy atom. The number of carbonyl (C=O) groups excluding carboxylic acids is 1. The van der Waals surface area contributed by atoms with Crippen molar-refractivity contribution in [3.63, 3.8) is 0 Å². The van der Waals surface area contributed by atoms with Gasteiger partial charge >= 0.3 is 0 Å². The highest BCUT2D eigenvalue weighted by Crippen LogP contribution is 2.32. The minimum Gasteiger partial charge on any atom is -0.322 e. The topological polar surface area (TPSA) is 41.1 Å². The molecule has 1 amide bonds. The fraction of sp³-hybridized carbons (Fsp3) is 0.235. The summed E-state index contributed by atoms with van der Waals surface area (Å²) in [5.74, 6) is -2.19. The molecule has 24 heavy (non-hydrogen) atoms. The summed E-state index contributed by atoms with van der Waals surface area (Å²) in [6, 6.07) is 6.67. The number of aryl methyl sites for hydroxylation is 1. The van der Waals surface area contributed by atoms with Gasteiger partial charge in [-0.1, -0.05) is 35.3 Å². The van der Waals surface area contributed by atoms with Crippen molar-refractivity contribution in [3.05, 3.63) is 63.1 Å². The number of hydrogen-bond acceptors (Lipinski definition) is 2. The van der Waals surface area contributed by atoms with Crippen LogP contribution in [-0.2, 0) is 4.79 Å². The van der Waals surface area contributed by atoms with Crippen LogP contribution in [0.15, 0.2) is 30.3 Å². The Morgan fingerprint density at radius 2 is 1.88 bits per heavy atom. The molecule has 2 N–H and O–H groups in total. The van der Waals surface area contributed by atoms with Gasteiger partial charge in [-0.25, -0.2) is 8.78 Å². The van der Waals surface area contributed by atoms with Crippen LogP contribution < -0.4 is 10.6 Å². The molecular weight excluding hydrogens is 357 g/mol. The highest BCUT2D eigenvalue weighted by atomic mass is 35.5. The van der Waals surface area contributed by atoms with E-state index in [-0.39, 0.29) is 18.5 Å². The molecule has 3 nitrogen and oxygen atoms in total. The Morgan fingerprint density at radius 1 is 1.17 bits per heavy atom. The average Bonchev–Trinajstić information content (AvgIpc) is 2.55. The Hall–Kier alpha value is -1.69. The van der Waals surface area contributed by atoms with Crippen LogP contribution in [0.4, 0.5) is 14.5 Å². The second-order valence-corrected chi connectivity index (χ2v) is 6.16. The van der Waals surface area contributed by atoms with Crippen LogP contribution in [0.2, 0.25) is 10.0 Å². The fourth-order valence-corrected chi connectivity index (χ4v) is 2.57. The molecule has 0 saturated heterocycles. The van der Waals surface area contributed by atoms with Gasteiger partial charge in [0, 0.05) is 6.04 Å². The monoisotopic (exact) mass is 372 g/mol. The minimum absolute atomic E-state index is 0.0409. The number of rotatable bonds is 5. The number of anilines is 1. The molecule has 2 rings (SSSR count). The molecule has 0 aromatic heterocycles. The zero-order valence-corrected chi connectivity index (χ0v) is 14.6. The molecule has 0 unspecified atom stereocenters. The summed E-state index contributed by atoms with van der Waals surface area (Å²) in [6.07, 6.45) is 0. The highest BCUT2D eigenvalue weighted by Gasteiger charge is 2.14. The van der Waals surface area contributed by atoms with E-state index in [9.17, 15) is 13.6 Å². The fourth-order valence-electron chi connectivity index (χ4n) is 2.10. The van der Waals surface area contributed by atoms with E-state index in [0.29, 0.717) is 21.3 Å². The summed E-state index contributed by atoms with van der Waals surface area (Å²) in [4.78, 5) is 12.1. The molecule has 0 saturated carbocycles. The van der Waals surface area contributed by atoms with Crippen molar-refractivity contribution >= 4 is 34.8 Å². The molecule has 0 heterocycles. The third-order valence-corrected chi connectivity index (χ3v) is 4.36. The Kier molecular flexibility index (Phi) is 6.15. The van der Waals surface area contributed by atoms with Gasteiger partial charge < -0.3 is 10.6 Å². The molecule has 0 aliphatic carbocycles. The van der Waals surface area contributed by atoms with Crippen molar-refractivity contribution in [2.24, 2.45) is 0 Å². The normalized spacial score (nSPS) is 12.1. The molecule has 0 bridgehead atoms. The van der Waals surface area contributed by atoms with E-state index in [1.165, 1.54) is 6.07 Å². The molecule has 0 aliphatic heterocycles. The standard InChI is InChI=1S/C17H16Cl2F2N2O/c1-9-3-5-12(18)17(16(9)19)23-15(24)8-22-10(2)11-4-6-13(20)14(21)7-11/h3-7,10,22H,8H2,1-2H3,(H,23,24)/t10-/m0/s1. The van der Waals surface area contributed by atoms with Crippen molar-refractivity contribution in [3.8, 4) is 0 Å². The van der Waals surface area contributed by atoms with E-state index in [4.69, 9.17) is 23.2 Å². The predicted molar refractivity (Wildman–Crippen MR) is 92.6 cm³/mol. The maximum Gasteiger partial charge on any atom is 0.238 e. The quantitative estimate of drug-likeness (QED) is 0.785. The number of amides is 1. The number of benzene rings is 2. The molecule has 0 spiro atoms. The zero-order valence-electron chi connectivity index (χ0n) is 13.1. The van der Waals surface area contributed by atoms with E-state index in [1.54, 1.807) is 26.0 Å². The predicted octanol–water partition coefficient (Wildman–Crippen LogP) is 4.87. The van der Waals surface area contributed by atoms with Crippen LogP contribution in [0.25, 0.3) is 0 Å². The summed E-state index contributed by atoms with van der Waals surface area (Å²) in [5.41, 5.74) is 1.68. The first-order chi connectivity index (χ1) is 11.3. The molecule has 2 aromatic rings. The van der Waals surface area contributed by atoms with Gasteiger partial charge in [-0.05, 0) is 43.2 Å². The SMILES string of the molecule is Cc1ccc(Cl)c(NC(=O)CN[C@@H](C)c2ccc(F)c(F)c2)c1Cl. The maximum absolute atomic E-state index is 13.2. The van der Waals surface area contributed by atoms with E-state index < -0.39 is 11.6 Å². The smallest absolute Gasteiger partial charge is 0.238 e. The van der Waals surface area contributed by atoms with Crippen molar-refractivity contribution < 1.29 is 13.6 Å². The van der Waals surface area contributed by atoms with Gasteiger partial charge in [0.2, 0.25) is 5.91 Å². The Bertz CT molecular complexity index is 768. The third-order valence-electron chi connectivity index (χ3n) is 3.56. The molecule has 0 radical (unpaired) electrons. The van der Waals surface area contributed by atoms with E-state index >= 15 is 0 Å². The summed E-state index contributed by atoms with van der Waals surface area (Å²) in [5, 5.41) is 6.30. The number of halogens is 4. The highest BCUT2D eigenvalue weighted by molar-refractivity contribution is 6.40. The van der Waals surface area contributed by atoms with Gasteiger partial charge in [-0.2, -0.15) is 0 Å². The van der Waals surface area contributed by atoms with Crippen LogP contribution in [0.1, 0.15) is 24.1 Å². The van der Waals surface area contributed by atoms with Gasteiger partial charge in [-0.3, -0.25) is 4.79 Å². The van der Waals surface area contributed by atoms with Gasteiger partial charge in [0.15, 0.2) is 11.6 Å². The molecule has 0 aliphatic rings. The summed E-state index contributed by atoms with van der Waals surface area (Å²) >= 11 is 12.2. The number of carbonyl (C=O) groups is 1. The largest absolute Gasteiger partial charge is 0.322 e. The van der Waals surface area contributed by atoms with Crippen molar-refractivity contribution in [2.45, 2.75) is 19.9 Å². The van der Waals surface area contributed by atoms with Crippen molar-refractivity contribution in [1.29, 1.82) is 0 Å². The molecule has 0 fully saturated rings. The van der Waals surface area contributed by atoms with Gasteiger partial charge in [0.05, 0.1) is 22.3 Å². The van der Waals surface area contributed by atoms with Crippen molar-refractivity contribution in [1.82, 2.24) is 5.32 Å². The first kappa shape index (κ1) is 18.6. The Balaban J connectivity index is 1.98. The second-order valence-electron chi connectivity index (χ2n) is 5.38.